The summed E-state index contributed by atoms with van der Waals surface area (Å²) < 4.78 is 0.928. The van der Waals surface area contributed by atoms with E-state index in [0.29, 0.717) is 12.0 Å². The lowest BCUT2D eigenvalue weighted by atomic mass is 10.2. The van der Waals surface area contributed by atoms with Gasteiger partial charge in [0.15, 0.2) is 0 Å². The van der Waals surface area contributed by atoms with Crippen LogP contribution in [0.15, 0.2) is 10.8 Å². The molecule has 0 radical (unpaired) electrons. The van der Waals surface area contributed by atoms with E-state index in [2.05, 4.69) is 63.8 Å². The van der Waals surface area contributed by atoms with Crippen LogP contribution in [0.25, 0.3) is 0 Å². The molecule has 0 saturated carbocycles. The summed E-state index contributed by atoms with van der Waals surface area (Å²) in [6, 6.07) is 0.410. The number of halogens is 1. The molecule has 0 amide bonds. The second kappa shape index (κ2) is 6.19. The van der Waals surface area contributed by atoms with Crippen molar-refractivity contribution in [1.29, 1.82) is 0 Å². The Morgan fingerprint density at radius 3 is 2.41 bits per heavy atom. The summed E-state index contributed by atoms with van der Waals surface area (Å²) in [6.45, 7) is 9.76. The molecular formula is C12H21BrN4. The normalized spacial score (nSPS) is 11.1. The Labute approximate surface area is 112 Å². The number of rotatable bonds is 5. The van der Waals surface area contributed by atoms with Gasteiger partial charge in [0.1, 0.15) is 22.4 Å². The van der Waals surface area contributed by atoms with Gasteiger partial charge in [-0.25, -0.2) is 9.97 Å². The standard InChI is InChI=1S/C12H21BrN4/c1-8(2)6-17(9(3)4)12-10(13)11(14-5)15-7-16-12/h7-9H,6H2,1-5H3,(H,14,15,16). The summed E-state index contributed by atoms with van der Waals surface area (Å²) in [5.74, 6) is 2.37. The Morgan fingerprint density at radius 1 is 1.29 bits per heavy atom. The first-order valence-corrected chi connectivity index (χ1v) is 6.71. The quantitative estimate of drug-likeness (QED) is 0.907. The fraction of sp³-hybridized carbons (Fsp3) is 0.667. The predicted octanol–water partition coefficient (Wildman–Crippen LogP) is 3.15. The van der Waals surface area contributed by atoms with Gasteiger partial charge in [0.25, 0.3) is 0 Å². The van der Waals surface area contributed by atoms with Crippen LogP contribution >= 0.6 is 15.9 Å². The Balaban J connectivity index is 3.09. The Morgan fingerprint density at radius 2 is 1.94 bits per heavy atom. The number of anilines is 2. The van der Waals surface area contributed by atoms with E-state index in [0.717, 1.165) is 22.7 Å². The number of aromatic nitrogens is 2. The highest BCUT2D eigenvalue weighted by molar-refractivity contribution is 9.10. The third-order valence-electron chi connectivity index (χ3n) is 2.47. The van der Waals surface area contributed by atoms with Crippen molar-refractivity contribution in [2.75, 3.05) is 23.8 Å². The molecule has 0 bridgehead atoms. The molecule has 17 heavy (non-hydrogen) atoms. The Kier molecular flexibility index (Phi) is 5.18. The smallest absolute Gasteiger partial charge is 0.148 e. The number of nitrogens with one attached hydrogen (secondary N) is 1. The summed E-state index contributed by atoms with van der Waals surface area (Å²) in [6.07, 6.45) is 1.60. The highest BCUT2D eigenvalue weighted by Crippen LogP contribution is 2.30. The first kappa shape index (κ1) is 14.2. The van der Waals surface area contributed by atoms with E-state index in [9.17, 15) is 0 Å². The highest BCUT2D eigenvalue weighted by atomic mass is 79.9. The van der Waals surface area contributed by atoms with Gasteiger partial charge in [0.2, 0.25) is 0 Å². The lowest BCUT2D eigenvalue weighted by Gasteiger charge is -2.30. The number of hydrogen-bond acceptors (Lipinski definition) is 4. The van der Waals surface area contributed by atoms with Crippen molar-refractivity contribution in [2.24, 2.45) is 5.92 Å². The average Bonchev–Trinajstić information content (AvgIpc) is 2.26. The van der Waals surface area contributed by atoms with E-state index < -0.39 is 0 Å². The summed E-state index contributed by atoms with van der Waals surface area (Å²) in [7, 11) is 1.86. The molecule has 1 aromatic heterocycles. The lowest BCUT2D eigenvalue weighted by molar-refractivity contribution is 0.565. The van der Waals surface area contributed by atoms with Gasteiger partial charge in [-0.2, -0.15) is 0 Å². The highest BCUT2D eigenvalue weighted by Gasteiger charge is 2.18. The van der Waals surface area contributed by atoms with Crippen LogP contribution in [0.4, 0.5) is 11.6 Å². The van der Waals surface area contributed by atoms with Crippen molar-refractivity contribution < 1.29 is 0 Å². The number of nitrogens with zero attached hydrogens (tertiary/aromatic N) is 3. The molecule has 0 aliphatic heterocycles. The summed E-state index contributed by atoms with van der Waals surface area (Å²) >= 11 is 3.57. The second-order valence-electron chi connectivity index (χ2n) is 4.75. The van der Waals surface area contributed by atoms with Crippen LogP contribution < -0.4 is 10.2 Å². The molecule has 1 N–H and O–H groups in total. The minimum absolute atomic E-state index is 0.410. The van der Waals surface area contributed by atoms with E-state index in [4.69, 9.17) is 0 Å². The van der Waals surface area contributed by atoms with Crippen LogP contribution in [0, 0.1) is 5.92 Å². The molecule has 0 spiro atoms. The zero-order chi connectivity index (χ0) is 13.0. The third kappa shape index (κ3) is 3.56. The molecule has 1 rings (SSSR count). The van der Waals surface area contributed by atoms with Gasteiger partial charge in [-0.15, -0.1) is 0 Å². The fourth-order valence-corrected chi connectivity index (χ4v) is 2.30. The topological polar surface area (TPSA) is 41.1 Å². The van der Waals surface area contributed by atoms with Crippen LogP contribution in [-0.2, 0) is 0 Å². The Bertz CT molecular complexity index is 366. The average molecular weight is 301 g/mol. The van der Waals surface area contributed by atoms with Gasteiger partial charge in [0.05, 0.1) is 0 Å². The van der Waals surface area contributed by atoms with Gasteiger partial charge in [-0.1, -0.05) is 13.8 Å². The predicted molar refractivity (Wildman–Crippen MR) is 76.6 cm³/mol. The van der Waals surface area contributed by atoms with Crippen LogP contribution in [-0.4, -0.2) is 29.6 Å². The van der Waals surface area contributed by atoms with Crippen LogP contribution in [0.3, 0.4) is 0 Å². The SMILES string of the molecule is CNc1ncnc(N(CC(C)C)C(C)C)c1Br. The molecule has 0 aliphatic rings. The van der Waals surface area contributed by atoms with Gasteiger partial charge < -0.3 is 10.2 Å². The molecule has 4 nitrogen and oxygen atoms in total. The zero-order valence-electron chi connectivity index (χ0n) is 11.2. The van der Waals surface area contributed by atoms with E-state index in [1.54, 1.807) is 6.33 Å². The zero-order valence-corrected chi connectivity index (χ0v) is 12.7. The van der Waals surface area contributed by atoms with Gasteiger partial charge >= 0.3 is 0 Å². The molecule has 0 aromatic carbocycles. The van der Waals surface area contributed by atoms with Gasteiger partial charge in [-0.3, -0.25) is 0 Å². The van der Waals surface area contributed by atoms with E-state index >= 15 is 0 Å². The van der Waals surface area contributed by atoms with Crippen molar-refractivity contribution in [1.82, 2.24) is 9.97 Å². The minimum atomic E-state index is 0.410. The van der Waals surface area contributed by atoms with Gasteiger partial charge in [0, 0.05) is 19.6 Å². The maximum absolute atomic E-state index is 4.39. The Hall–Kier alpha value is -0.840. The first-order chi connectivity index (χ1) is 7.97. The van der Waals surface area contributed by atoms with Gasteiger partial charge in [-0.05, 0) is 35.7 Å². The van der Waals surface area contributed by atoms with Crippen LogP contribution in [0.1, 0.15) is 27.7 Å². The van der Waals surface area contributed by atoms with E-state index in [1.165, 1.54) is 0 Å². The summed E-state index contributed by atoms with van der Waals surface area (Å²) in [5, 5.41) is 3.06. The van der Waals surface area contributed by atoms with E-state index in [-0.39, 0.29) is 0 Å². The monoisotopic (exact) mass is 300 g/mol. The molecule has 1 aromatic rings. The molecule has 0 saturated heterocycles. The van der Waals surface area contributed by atoms with E-state index in [1.807, 2.05) is 7.05 Å². The summed E-state index contributed by atoms with van der Waals surface area (Å²) in [5.41, 5.74) is 0. The molecule has 96 valence electrons. The van der Waals surface area contributed by atoms with Crippen molar-refractivity contribution in [3.63, 3.8) is 0 Å². The van der Waals surface area contributed by atoms with Crippen LogP contribution in [0.2, 0.25) is 0 Å². The molecule has 0 unspecified atom stereocenters. The van der Waals surface area contributed by atoms with Crippen LogP contribution in [0.5, 0.6) is 0 Å². The molecule has 1 heterocycles. The lowest BCUT2D eigenvalue weighted by Crippen LogP contribution is -2.35. The van der Waals surface area contributed by atoms with Crippen molar-refractivity contribution in [3.05, 3.63) is 10.8 Å². The van der Waals surface area contributed by atoms with Crippen molar-refractivity contribution in [3.8, 4) is 0 Å². The molecule has 0 aliphatic carbocycles. The molecule has 0 atom stereocenters. The summed E-state index contributed by atoms with van der Waals surface area (Å²) in [4.78, 5) is 10.9. The molecular weight excluding hydrogens is 280 g/mol. The largest absolute Gasteiger partial charge is 0.372 e. The van der Waals surface area contributed by atoms with Crippen molar-refractivity contribution >= 4 is 27.6 Å². The first-order valence-electron chi connectivity index (χ1n) is 5.92. The fourth-order valence-electron chi connectivity index (χ4n) is 1.67. The minimum Gasteiger partial charge on any atom is -0.372 e. The number of hydrogen-bond donors (Lipinski definition) is 1. The molecule has 5 heteroatoms. The van der Waals surface area contributed by atoms with Crippen molar-refractivity contribution in [2.45, 2.75) is 33.7 Å². The second-order valence-corrected chi connectivity index (χ2v) is 5.54. The maximum atomic E-state index is 4.39. The molecule has 0 fully saturated rings. The maximum Gasteiger partial charge on any atom is 0.148 e. The third-order valence-corrected chi connectivity index (χ3v) is 3.20.